The number of nitrogens with zero attached hydrogens (tertiary/aromatic N) is 5. The third kappa shape index (κ3) is 5.58. The van der Waals surface area contributed by atoms with Crippen molar-refractivity contribution in [3.63, 3.8) is 0 Å². The Morgan fingerprint density at radius 2 is 1.02 bits per heavy atom. The summed E-state index contributed by atoms with van der Waals surface area (Å²) in [4.78, 5) is 9.21. The molecule has 8 heteroatoms. The van der Waals surface area contributed by atoms with Gasteiger partial charge in [0, 0.05) is 32.7 Å². The normalized spacial score (nSPS) is 11.7. The molecular formula is C50H28F3N5. The van der Waals surface area contributed by atoms with Crippen molar-refractivity contribution < 1.29 is 13.2 Å². The average Bonchev–Trinajstić information content (AvgIpc) is 3.78. The Labute approximate surface area is 330 Å². The Morgan fingerprint density at radius 1 is 0.517 bits per heavy atom. The van der Waals surface area contributed by atoms with Crippen molar-refractivity contribution in [3.8, 4) is 51.1 Å². The summed E-state index contributed by atoms with van der Waals surface area (Å²) in [6, 6.07) is 54.6. The summed E-state index contributed by atoms with van der Waals surface area (Å²) in [5, 5.41) is 12.7. The first-order valence-corrected chi connectivity index (χ1v) is 18.5. The first kappa shape index (κ1) is 34.5. The van der Waals surface area contributed by atoms with Gasteiger partial charge in [-0.3, -0.25) is 0 Å². The van der Waals surface area contributed by atoms with Crippen molar-refractivity contribution in [2.75, 3.05) is 0 Å². The molecule has 0 aliphatic carbocycles. The largest absolute Gasteiger partial charge is 0.416 e. The van der Waals surface area contributed by atoms with E-state index in [2.05, 4.69) is 15.5 Å². The van der Waals surface area contributed by atoms with E-state index in [0.29, 0.717) is 50.0 Å². The second kappa shape index (κ2) is 13.4. The lowest BCUT2D eigenvalue weighted by Crippen LogP contribution is -2.06. The highest BCUT2D eigenvalue weighted by atomic mass is 19.4. The fourth-order valence-electron chi connectivity index (χ4n) is 8.16. The highest BCUT2D eigenvalue weighted by Gasteiger charge is 2.31. The van der Waals surface area contributed by atoms with E-state index in [1.807, 2.05) is 150 Å². The van der Waals surface area contributed by atoms with Crippen LogP contribution in [0.4, 0.5) is 18.9 Å². The van der Waals surface area contributed by atoms with Crippen LogP contribution in [0.1, 0.15) is 11.1 Å². The smallest absolute Gasteiger partial charge is 0.308 e. The van der Waals surface area contributed by atoms with Gasteiger partial charge in [-0.1, -0.05) is 97.1 Å². The van der Waals surface area contributed by atoms with Crippen molar-refractivity contribution in [2.24, 2.45) is 0 Å². The van der Waals surface area contributed by atoms with Gasteiger partial charge in [0.15, 0.2) is 5.69 Å². The molecule has 0 unspecified atom stereocenters. The molecule has 58 heavy (non-hydrogen) atoms. The Morgan fingerprint density at radius 3 is 1.57 bits per heavy atom. The Kier molecular flexibility index (Phi) is 7.96. The quantitative estimate of drug-likeness (QED) is 0.164. The number of para-hydroxylation sites is 2. The van der Waals surface area contributed by atoms with Gasteiger partial charge in [-0.2, -0.15) is 18.4 Å². The van der Waals surface area contributed by atoms with Crippen LogP contribution in [-0.2, 0) is 6.18 Å². The van der Waals surface area contributed by atoms with Crippen LogP contribution in [0.3, 0.4) is 0 Å². The second-order valence-corrected chi connectivity index (χ2v) is 14.1. The zero-order valence-electron chi connectivity index (χ0n) is 30.5. The van der Waals surface area contributed by atoms with Crippen LogP contribution in [0.25, 0.3) is 93.5 Å². The fraction of sp³-hybridized carbons (Fsp3) is 0.0200. The summed E-state index contributed by atoms with van der Waals surface area (Å²) in [5.74, 6) is 0. The number of hydrogen-bond acceptors (Lipinski definition) is 2. The van der Waals surface area contributed by atoms with Crippen molar-refractivity contribution in [1.82, 2.24) is 14.1 Å². The van der Waals surface area contributed by atoms with Gasteiger partial charge in [0.25, 0.3) is 0 Å². The van der Waals surface area contributed by atoms with Crippen molar-refractivity contribution in [3.05, 3.63) is 192 Å². The van der Waals surface area contributed by atoms with Crippen molar-refractivity contribution in [1.29, 1.82) is 5.26 Å². The molecule has 5 nitrogen and oxygen atoms in total. The van der Waals surface area contributed by atoms with Crippen LogP contribution >= 0.6 is 0 Å². The zero-order valence-corrected chi connectivity index (χ0v) is 30.5. The minimum Gasteiger partial charge on any atom is -0.308 e. The molecule has 3 aromatic heterocycles. The maximum absolute atomic E-state index is 14.2. The third-order valence-corrected chi connectivity index (χ3v) is 10.8. The van der Waals surface area contributed by atoms with Gasteiger partial charge >= 0.3 is 6.18 Å². The molecule has 0 saturated carbocycles. The molecule has 0 fully saturated rings. The predicted molar refractivity (Wildman–Crippen MR) is 225 cm³/mol. The van der Waals surface area contributed by atoms with E-state index in [4.69, 9.17) is 11.6 Å². The monoisotopic (exact) mass is 755 g/mol. The number of halogens is 3. The van der Waals surface area contributed by atoms with Crippen LogP contribution in [0, 0.1) is 17.9 Å². The second-order valence-electron chi connectivity index (χ2n) is 14.1. The van der Waals surface area contributed by atoms with E-state index in [-0.39, 0.29) is 0 Å². The molecule has 0 amide bonds. The van der Waals surface area contributed by atoms with Crippen LogP contribution in [-0.4, -0.2) is 14.1 Å². The predicted octanol–water partition coefficient (Wildman–Crippen LogP) is 13.7. The number of rotatable bonds is 5. The molecular weight excluding hydrogens is 728 g/mol. The lowest BCUT2D eigenvalue weighted by Gasteiger charge is -2.20. The molecule has 0 aliphatic heterocycles. The highest BCUT2D eigenvalue weighted by Crippen LogP contribution is 2.45. The van der Waals surface area contributed by atoms with Crippen molar-refractivity contribution in [2.45, 2.75) is 6.18 Å². The molecule has 274 valence electrons. The molecule has 10 aromatic rings. The van der Waals surface area contributed by atoms with E-state index >= 15 is 0 Å². The van der Waals surface area contributed by atoms with Gasteiger partial charge < -0.3 is 9.13 Å². The van der Waals surface area contributed by atoms with Crippen LogP contribution in [0.15, 0.2) is 170 Å². The number of nitriles is 1. The molecule has 0 saturated heterocycles. The summed E-state index contributed by atoms with van der Waals surface area (Å²) in [7, 11) is 0. The molecule has 0 bridgehead atoms. The van der Waals surface area contributed by atoms with Crippen molar-refractivity contribution >= 4 is 49.3 Å². The van der Waals surface area contributed by atoms with E-state index in [0.717, 1.165) is 56.0 Å². The van der Waals surface area contributed by atoms with E-state index < -0.39 is 11.7 Å². The molecule has 0 atom stereocenters. The average molecular weight is 756 g/mol. The topological polar surface area (TPSA) is 50.9 Å². The van der Waals surface area contributed by atoms with E-state index in [9.17, 15) is 18.4 Å². The fourth-order valence-corrected chi connectivity index (χ4v) is 8.16. The van der Waals surface area contributed by atoms with Gasteiger partial charge in [-0.15, -0.1) is 0 Å². The third-order valence-electron chi connectivity index (χ3n) is 10.8. The highest BCUT2D eigenvalue weighted by molar-refractivity contribution is 6.12. The molecule has 0 radical (unpaired) electrons. The minimum absolute atomic E-state index is 0.377. The van der Waals surface area contributed by atoms with Crippen LogP contribution in [0.2, 0.25) is 0 Å². The molecule has 0 N–H and O–H groups in total. The maximum Gasteiger partial charge on any atom is 0.416 e. The molecule has 3 heterocycles. The van der Waals surface area contributed by atoms with Gasteiger partial charge in [0.05, 0.1) is 68.6 Å². The number of hydrogen-bond donors (Lipinski definition) is 0. The zero-order chi connectivity index (χ0) is 39.5. The van der Waals surface area contributed by atoms with Gasteiger partial charge in [0.1, 0.15) is 0 Å². The van der Waals surface area contributed by atoms with E-state index in [1.54, 1.807) is 6.07 Å². The number of pyridine rings is 1. The number of aromatic nitrogens is 3. The molecule has 7 aromatic carbocycles. The summed E-state index contributed by atoms with van der Waals surface area (Å²) in [5.41, 5.74) is 9.06. The first-order valence-electron chi connectivity index (χ1n) is 18.5. The Hall–Kier alpha value is -7.94. The number of alkyl halides is 3. The summed E-state index contributed by atoms with van der Waals surface area (Å²) in [6.07, 6.45) is -4.54. The molecule has 0 spiro atoms. The summed E-state index contributed by atoms with van der Waals surface area (Å²) >= 11 is 0. The summed E-state index contributed by atoms with van der Waals surface area (Å²) < 4.78 is 46.7. The maximum atomic E-state index is 14.2. The van der Waals surface area contributed by atoms with Gasteiger partial charge in [0.2, 0.25) is 0 Å². The lowest BCUT2D eigenvalue weighted by molar-refractivity contribution is -0.137. The molecule has 0 aliphatic rings. The number of fused-ring (bicyclic) bond motifs is 6. The Bertz CT molecular complexity index is 3290. The SMILES string of the molecule is [C-]#[N+]c1cc(-n2c3ccccc3c3cc(C#N)ccc32)c(-n2c3ccccc3c3cc(C(F)(F)F)ccc32)cc1-c1cc(-c2ccccc2)nc(-c2ccccc2)c1. The molecule has 10 rings (SSSR count). The van der Waals surface area contributed by atoms with E-state index in [1.165, 1.54) is 12.1 Å². The Balaban J connectivity index is 1.35. The summed E-state index contributed by atoms with van der Waals surface area (Å²) in [6.45, 7) is 8.61. The number of benzene rings is 7. The first-order chi connectivity index (χ1) is 28.3. The van der Waals surface area contributed by atoms with Crippen LogP contribution in [0.5, 0.6) is 0 Å². The standard InChI is InChI=1S/C50H28F3N5/c1-55-43-29-49(58-44-18-10-8-16-36(44)39-24-31(30-54)20-22-46(39)58)48(57-45-19-11-9-17-37(45)40-27-35(50(51,52)53)21-23-47(40)57)28-38(43)34-25-41(32-12-4-2-5-13-32)56-42(26-34)33-14-6-3-7-15-33/h2-29H. The minimum atomic E-state index is -4.54. The van der Waals surface area contributed by atoms with Crippen LogP contribution < -0.4 is 0 Å². The van der Waals surface area contributed by atoms with Gasteiger partial charge in [-0.25, -0.2) is 9.83 Å². The van der Waals surface area contributed by atoms with Gasteiger partial charge in [-0.05, 0) is 83.9 Å². The lowest BCUT2D eigenvalue weighted by atomic mass is 9.97.